The van der Waals surface area contributed by atoms with Crippen LogP contribution >= 0.6 is 0 Å². The Balaban J connectivity index is 2.22. The van der Waals surface area contributed by atoms with Gasteiger partial charge in [0.15, 0.2) is 6.33 Å². The van der Waals surface area contributed by atoms with Crippen LogP contribution in [0.25, 0.3) is 10.8 Å². The van der Waals surface area contributed by atoms with Gasteiger partial charge in [0.1, 0.15) is 17.5 Å². The summed E-state index contributed by atoms with van der Waals surface area (Å²) in [5.74, 6) is 1.61. The molecule has 0 fully saturated rings. The van der Waals surface area contributed by atoms with Gasteiger partial charge in [0, 0.05) is 16.3 Å². The Bertz CT molecular complexity index is 804. The van der Waals surface area contributed by atoms with E-state index >= 15 is 0 Å². The van der Waals surface area contributed by atoms with Gasteiger partial charge in [-0.1, -0.05) is 24.3 Å². The maximum absolute atomic E-state index is 5.75. The minimum Gasteiger partial charge on any atom is -0.496 e. The van der Waals surface area contributed by atoms with Gasteiger partial charge < -0.3 is 14.8 Å². The number of hydrogen-bond acceptors (Lipinski definition) is 6. The predicted octanol–water partition coefficient (Wildman–Crippen LogP) is 2.04. The first-order chi connectivity index (χ1) is 11.8. The van der Waals surface area contributed by atoms with Crippen molar-refractivity contribution < 1.29 is 9.47 Å². The quantitative estimate of drug-likeness (QED) is 0.716. The zero-order chi connectivity index (χ0) is 16.9. The van der Waals surface area contributed by atoms with Crippen molar-refractivity contribution in [2.75, 3.05) is 27.8 Å². The number of ether oxygens (including phenoxy) is 2. The van der Waals surface area contributed by atoms with Crippen LogP contribution in [0.2, 0.25) is 0 Å². The molecule has 3 rings (SSSR count). The van der Waals surface area contributed by atoms with Gasteiger partial charge in [-0.2, -0.15) is 4.80 Å². The zero-order valence-corrected chi connectivity index (χ0v) is 14.1. The van der Waals surface area contributed by atoms with Crippen LogP contribution in [0, 0.1) is 0 Å². The molecule has 0 radical (unpaired) electrons. The average molecular weight is 327 g/mol. The van der Waals surface area contributed by atoms with Crippen molar-refractivity contribution in [3.8, 4) is 11.5 Å². The Kier molecular flexibility index (Phi) is 4.90. The molecule has 1 unspecified atom stereocenters. The van der Waals surface area contributed by atoms with E-state index in [4.69, 9.17) is 9.47 Å². The van der Waals surface area contributed by atoms with Gasteiger partial charge >= 0.3 is 0 Å². The molecule has 1 aromatic heterocycles. The molecule has 2 aromatic carbocycles. The maximum Gasteiger partial charge on any atom is 0.162 e. The molecule has 0 amide bonds. The fraction of sp³-hybridized carbons (Fsp3) is 0.353. The zero-order valence-electron chi connectivity index (χ0n) is 14.1. The van der Waals surface area contributed by atoms with Crippen molar-refractivity contribution in [3.63, 3.8) is 0 Å². The monoisotopic (exact) mass is 327 g/mol. The summed E-state index contributed by atoms with van der Waals surface area (Å²) in [6, 6.07) is 9.94. The molecule has 1 N–H and O–H groups in total. The van der Waals surface area contributed by atoms with E-state index < -0.39 is 0 Å². The lowest BCUT2D eigenvalue weighted by Crippen LogP contribution is -2.20. The predicted molar refractivity (Wildman–Crippen MR) is 91.6 cm³/mol. The van der Waals surface area contributed by atoms with Crippen molar-refractivity contribution >= 4 is 10.8 Å². The Labute approximate surface area is 140 Å². The molecule has 1 heterocycles. The number of fused-ring (bicyclic) bond motifs is 1. The Morgan fingerprint density at radius 3 is 2.58 bits per heavy atom. The molecule has 0 aliphatic rings. The van der Waals surface area contributed by atoms with E-state index in [0.29, 0.717) is 0 Å². The fourth-order valence-electron chi connectivity index (χ4n) is 2.97. The lowest BCUT2D eigenvalue weighted by atomic mass is 9.97. The third kappa shape index (κ3) is 2.90. The van der Waals surface area contributed by atoms with Crippen LogP contribution in [0.15, 0.2) is 36.7 Å². The molecular formula is C17H21N5O2. The van der Waals surface area contributed by atoms with E-state index in [1.54, 1.807) is 19.0 Å². The van der Waals surface area contributed by atoms with E-state index in [9.17, 15) is 0 Å². The third-order valence-electron chi connectivity index (χ3n) is 4.08. The summed E-state index contributed by atoms with van der Waals surface area (Å²) in [5, 5.41) is 17.4. The third-order valence-corrected chi connectivity index (χ3v) is 4.08. The molecule has 1 atom stereocenters. The Morgan fingerprint density at radius 1 is 1.17 bits per heavy atom. The van der Waals surface area contributed by atoms with Crippen molar-refractivity contribution in [3.05, 3.63) is 42.2 Å². The van der Waals surface area contributed by atoms with Gasteiger partial charge in [0.05, 0.1) is 14.2 Å². The average Bonchev–Trinajstić information content (AvgIpc) is 3.15. The lowest BCUT2D eigenvalue weighted by Gasteiger charge is -2.21. The van der Waals surface area contributed by atoms with Gasteiger partial charge in [-0.15, -0.1) is 10.2 Å². The minimum atomic E-state index is -0.103. The van der Waals surface area contributed by atoms with Crippen LogP contribution in [-0.2, 0) is 0 Å². The molecule has 7 nitrogen and oxygen atoms in total. The summed E-state index contributed by atoms with van der Waals surface area (Å²) < 4.78 is 11.4. The SMILES string of the molecule is CNCCC(c1cc(OC)c2ccccc2c1OC)n1ncnn1. The van der Waals surface area contributed by atoms with Crippen LogP contribution in [0.3, 0.4) is 0 Å². The summed E-state index contributed by atoms with van der Waals surface area (Å²) in [6.07, 6.45) is 2.24. The number of rotatable bonds is 7. The van der Waals surface area contributed by atoms with Gasteiger partial charge in [-0.3, -0.25) is 0 Å². The number of aromatic nitrogens is 4. The highest BCUT2D eigenvalue weighted by Gasteiger charge is 2.23. The summed E-state index contributed by atoms with van der Waals surface area (Å²) in [4.78, 5) is 1.61. The van der Waals surface area contributed by atoms with Gasteiger partial charge in [-0.05, 0) is 31.3 Å². The molecule has 0 saturated heterocycles. The van der Waals surface area contributed by atoms with E-state index in [1.807, 2.05) is 37.4 Å². The number of hydrogen-bond donors (Lipinski definition) is 1. The molecule has 126 valence electrons. The second-order valence-corrected chi connectivity index (χ2v) is 5.41. The number of nitrogens with zero attached hydrogens (tertiary/aromatic N) is 4. The van der Waals surface area contributed by atoms with Crippen LogP contribution in [0.1, 0.15) is 18.0 Å². The van der Waals surface area contributed by atoms with Crippen LogP contribution in [0.4, 0.5) is 0 Å². The molecule has 0 bridgehead atoms. The molecule has 24 heavy (non-hydrogen) atoms. The first-order valence-electron chi connectivity index (χ1n) is 7.80. The van der Waals surface area contributed by atoms with Crippen molar-refractivity contribution in [1.82, 2.24) is 25.5 Å². The summed E-state index contributed by atoms with van der Waals surface area (Å²) >= 11 is 0. The van der Waals surface area contributed by atoms with E-state index in [1.165, 1.54) is 6.33 Å². The van der Waals surface area contributed by atoms with Crippen LogP contribution < -0.4 is 14.8 Å². The number of methoxy groups -OCH3 is 2. The first kappa shape index (κ1) is 16.2. The summed E-state index contributed by atoms with van der Waals surface area (Å²) in [7, 11) is 5.28. The largest absolute Gasteiger partial charge is 0.496 e. The molecule has 3 aromatic rings. The van der Waals surface area contributed by atoms with Crippen LogP contribution in [-0.4, -0.2) is 48.0 Å². The second-order valence-electron chi connectivity index (χ2n) is 5.41. The molecule has 0 spiro atoms. The highest BCUT2D eigenvalue weighted by atomic mass is 16.5. The Hall–Kier alpha value is -2.67. The Morgan fingerprint density at radius 2 is 1.96 bits per heavy atom. The molecule has 7 heteroatoms. The topological polar surface area (TPSA) is 74.1 Å². The maximum atomic E-state index is 5.75. The van der Waals surface area contributed by atoms with E-state index in [0.717, 1.165) is 40.8 Å². The number of tetrazole rings is 1. The number of benzene rings is 2. The number of nitrogens with one attached hydrogen (secondary N) is 1. The normalized spacial score (nSPS) is 12.3. The van der Waals surface area contributed by atoms with Gasteiger partial charge in [0.25, 0.3) is 0 Å². The molecule has 0 saturated carbocycles. The fourth-order valence-corrected chi connectivity index (χ4v) is 2.97. The molecular weight excluding hydrogens is 306 g/mol. The van der Waals surface area contributed by atoms with Gasteiger partial charge in [-0.25, -0.2) is 0 Å². The summed E-state index contributed by atoms with van der Waals surface area (Å²) in [6.45, 7) is 0.810. The molecule has 0 aliphatic heterocycles. The first-order valence-corrected chi connectivity index (χ1v) is 7.80. The minimum absolute atomic E-state index is 0.103. The van der Waals surface area contributed by atoms with E-state index in [2.05, 4.69) is 20.7 Å². The highest BCUT2D eigenvalue weighted by Crippen LogP contribution is 2.40. The van der Waals surface area contributed by atoms with Crippen molar-refractivity contribution in [2.24, 2.45) is 0 Å². The van der Waals surface area contributed by atoms with Gasteiger partial charge in [0.2, 0.25) is 0 Å². The van der Waals surface area contributed by atoms with E-state index in [-0.39, 0.29) is 6.04 Å². The summed E-state index contributed by atoms with van der Waals surface area (Å²) in [5.41, 5.74) is 0.973. The van der Waals surface area contributed by atoms with Crippen LogP contribution in [0.5, 0.6) is 11.5 Å². The standard InChI is InChI=1S/C17H21N5O2/c1-18-9-8-15(22-20-11-19-21-22)14-10-16(23-2)12-6-4-5-7-13(12)17(14)24-3/h4-7,10-11,15,18H,8-9H2,1-3H3. The second kappa shape index (κ2) is 7.27. The van der Waals surface area contributed by atoms with Crippen molar-refractivity contribution in [2.45, 2.75) is 12.5 Å². The smallest absolute Gasteiger partial charge is 0.162 e. The molecule has 0 aliphatic carbocycles. The highest BCUT2D eigenvalue weighted by molar-refractivity contribution is 5.94. The van der Waals surface area contributed by atoms with Crippen molar-refractivity contribution in [1.29, 1.82) is 0 Å². The lowest BCUT2D eigenvalue weighted by molar-refractivity contribution is 0.375.